The molecule has 0 radical (unpaired) electrons. The van der Waals surface area contributed by atoms with Crippen LogP contribution in [0.3, 0.4) is 0 Å². The topological polar surface area (TPSA) is 65.9 Å². The molecule has 1 aromatic carbocycles. The normalized spacial score (nSPS) is 12.4. The van der Waals surface area contributed by atoms with E-state index in [4.69, 9.17) is 0 Å². The van der Waals surface area contributed by atoms with Crippen LogP contribution in [0.15, 0.2) is 47.1 Å². The van der Waals surface area contributed by atoms with Crippen molar-refractivity contribution in [1.82, 2.24) is 9.97 Å². The lowest BCUT2D eigenvalue weighted by Crippen LogP contribution is -2.33. The molecule has 112 valence electrons. The average molecular weight is 329 g/mol. The van der Waals surface area contributed by atoms with E-state index in [1.807, 2.05) is 42.6 Å². The van der Waals surface area contributed by atoms with Crippen LogP contribution >= 0.6 is 23.1 Å². The van der Waals surface area contributed by atoms with E-state index in [1.165, 1.54) is 29.4 Å². The maximum absolute atomic E-state index is 11.2. The number of hydrogen-bond acceptors (Lipinski definition) is 6. The van der Waals surface area contributed by atoms with Crippen LogP contribution in [0, 0.1) is 0 Å². The Balaban J connectivity index is 2.11. The lowest BCUT2D eigenvalue weighted by molar-refractivity contribution is -0.304. The van der Waals surface area contributed by atoms with Gasteiger partial charge in [-0.3, -0.25) is 0 Å². The van der Waals surface area contributed by atoms with Crippen molar-refractivity contribution >= 4 is 39.3 Å². The van der Waals surface area contributed by atoms with Crippen LogP contribution in [0.1, 0.15) is 13.3 Å². The van der Waals surface area contributed by atoms with Crippen molar-refractivity contribution in [3.05, 3.63) is 42.0 Å². The summed E-state index contributed by atoms with van der Waals surface area (Å²) < 4.78 is 0. The summed E-state index contributed by atoms with van der Waals surface area (Å²) >= 11 is 2.77. The Hall–Kier alpha value is -1.92. The Morgan fingerprint density at radius 3 is 2.77 bits per heavy atom. The summed E-state index contributed by atoms with van der Waals surface area (Å²) in [6.45, 7) is 1.83. The molecule has 0 aliphatic heterocycles. The number of nitrogens with zero attached hydrogens (tertiary/aromatic N) is 2. The first-order valence-electron chi connectivity index (χ1n) is 6.85. The molecule has 0 aliphatic carbocycles. The number of carboxylic acid groups (broad SMARTS) is 1. The smallest absolute Gasteiger partial charge is 0.128 e. The number of aromatic nitrogens is 2. The van der Waals surface area contributed by atoms with E-state index in [9.17, 15) is 9.90 Å². The number of carbonyl (C=O) groups is 1. The molecule has 0 fully saturated rings. The van der Waals surface area contributed by atoms with E-state index in [1.54, 1.807) is 0 Å². The molecule has 0 amide bonds. The highest BCUT2D eigenvalue weighted by Gasteiger charge is 2.17. The molecule has 0 saturated carbocycles. The van der Waals surface area contributed by atoms with Gasteiger partial charge in [-0.15, -0.1) is 11.3 Å². The predicted octanol–water partition coefficient (Wildman–Crippen LogP) is 2.98. The highest BCUT2D eigenvalue weighted by atomic mass is 32.2. The number of benzene rings is 1. The summed E-state index contributed by atoms with van der Waals surface area (Å²) in [6.07, 6.45) is 1.97. The third-order valence-electron chi connectivity index (χ3n) is 3.31. The van der Waals surface area contributed by atoms with Crippen LogP contribution in [-0.4, -0.2) is 21.2 Å². The minimum Gasteiger partial charge on any atom is -0.549 e. The van der Waals surface area contributed by atoms with E-state index < -0.39 is 11.2 Å². The molecule has 0 N–H and O–H groups in total. The minimum absolute atomic E-state index is 0.489. The Labute approximate surface area is 136 Å². The van der Waals surface area contributed by atoms with E-state index in [-0.39, 0.29) is 0 Å². The molecule has 2 heterocycles. The SMILES string of the molecule is CCC(Sc1ncnc2scc(-c3ccccc3)c12)C(=O)[O-]. The van der Waals surface area contributed by atoms with Crippen LogP contribution < -0.4 is 5.11 Å². The summed E-state index contributed by atoms with van der Waals surface area (Å²) in [4.78, 5) is 20.7. The molecule has 22 heavy (non-hydrogen) atoms. The molecule has 0 saturated heterocycles. The van der Waals surface area contributed by atoms with Crippen molar-refractivity contribution in [2.75, 3.05) is 0 Å². The fourth-order valence-electron chi connectivity index (χ4n) is 2.20. The molecule has 6 heteroatoms. The molecule has 0 aliphatic rings. The molecule has 0 bridgehead atoms. The summed E-state index contributed by atoms with van der Waals surface area (Å²) in [5.74, 6) is -1.06. The van der Waals surface area contributed by atoms with Gasteiger partial charge in [-0.25, -0.2) is 9.97 Å². The zero-order valence-electron chi connectivity index (χ0n) is 11.9. The van der Waals surface area contributed by atoms with Gasteiger partial charge in [0.25, 0.3) is 0 Å². The Morgan fingerprint density at radius 1 is 1.32 bits per heavy atom. The summed E-state index contributed by atoms with van der Waals surface area (Å²) in [7, 11) is 0. The summed E-state index contributed by atoms with van der Waals surface area (Å²) in [6, 6.07) is 9.97. The summed E-state index contributed by atoms with van der Waals surface area (Å²) in [5.41, 5.74) is 2.11. The zero-order chi connectivity index (χ0) is 15.5. The Bertz CT molecular complexity index is 802. The average Bonchev–Trinajstić information content (AvgIpc) is 2.98. The first-order chi connectivity index (χ1) is 10.7. The van der Waals surface area contributed by atoms with E-state index in [0.717, 1.165) is 21.3 Å². The number of thiophene rings is 1. The highest BCUT2D eigenvalue weighted by Crippen LogP contribution is 2.39. The van der Waals surface area contributed by atoms with Crippen molar-refractivity contribution in [2.45, 2.75) is 23.6 Å². The van der Waals surface area contributed by atoms with Crippen LogP contribution in [-0.2, 0) is 4.79 Å². The number of fused-ring (bicyclic) bond motifs is 1. The summed E-state index contributed by atoms with van der Waals surface area (Å²) in [5, 5.41) is 14.2. The second-order valence-corrected chi connectivity index (χ2v) is 6.76. The fraction of sp³-hybridized carbons (Fsp3) is 0.188. The third-order valence-corrected chi connectivity index (χ3v) is 5.54. The largest absolute Gasteiger partial charge is 0.549 e. The van der Waals surface area contributed by atoms with Gasteiger partial charge >= 0.3 is 0 Å². The first kappa shape index (κ1) is 15.0. The van der Waals surface area contributed by atoms with Gasteiger partial charge in [0.1, 0.15) is 16.2 Å². The van der Waals surface area contributed by atoms with Crippen LogP contribution in [0.5, 0.6) is 0 Å². The molecular formula is C16H13N2O2S2-. The van der Waals surface area contributed by atoms with Crippen molar-refractivity contribution in [3.8, 4) is 11.1 Å². The van der Waals surface area contributed by atoms with Crippen molar-refractivity contribution < 1.29 is 9.90 Å². The number of hydrogen-bond donors (Lipinski definition) is 0. The molecular weight excluding hydrogens is 316 g/mol. The number of rotatable bonds is 5. The van der Waals surface area contributed by atoms with E-state index in [2.05, 4.69) is 9.97 Å². The van der Waals surface area contributed by atoms with Gasteiger partial charge in [0.15, 0.2) is 0 Å². The number of carboxylic acids is 1. The quantitative estimate of drug-likeness (QED) is 0.532. The van der Waals surface area contributed by atoms with Gasteiger partial charge in [-0.1, -0.05) is 49.0 Å². The maximum Gasteiger partial charge on any atom is 0.128 e. The minimum atomic E-state index is -1.06. The number of carbonyl (C=O) groups excluding carboxylic acids is 1. The maximum atomic E-state index is 11.2. The van der Waals surface area contributed by atoms with Crippen molar-refractivity contribution in [1.29, 1.82) is 0 Å². The van der Waals surface area contributed by atoms with Crippen molar-refractivity contribution in [3.63, 3.8) is 0 Å². The predicted molar refractivity (Wildman–Crippen MR) is 87.8 cm³/mol. The van der Waals surface area contributed by atoms with Gasteiger partial charge in [-0.2, -0.15) is 0 Å². The molecule has 2 aromatic heterocycles. The first-order valence-corrected chi connectivity index (χ1v) is 8.61. The highest BCUT2D eigenvalue weighted by molar-refractivity contribution is 8.00. The molecule has 1 atom stereocenters. The van der Waals surface area contributed by atoms with E-state index in [0.29, 0.717) is 11.4 Å². The van der Waals surface area contributed by atoms with Crippen LogP contribution in [0.25, 0.3) is 21.3 Å². The zero-order valence-corrected chi connectivity index (χ0v) is 13.5. The second-order valence-electron chi connectivity index (χ2n) is 4.71. The van der Waals surface area contributed by atoms with Crippen molar-refractivity contribution in [2.24, 2.45) is 0 Å². The van der Waals surface area contributed by atoms with Gasteiger partial charge in [0, 0.05) is 10.9 Å². The third kappa shape index (κ3) is 2.84. The molecule has 3 aromatic rings. The van der Waals surface area contributed by atoms with Gasteiger partial charge < -0.3 is 9.90 Å². The monoisotopic (exact) mass is 329 g/mol. The Kier molecular flexibility index (Phi) is 4.40. The molecule has 1 unspecified atom stereocenters. The number of aliphatic carboxylic acids is 1. The van der Waals surface area contributed by atoms with E-state index >= 15 is 0 Å². The molecule has 4 nitrogen and oxygen atoms in total. The van der Waals surface area contributed by atoms with Gasteiger partial charge in [0.05, 0.1) is 16.6 Å². The number of thioether (sulfide) groups is 1. The molecule has 0 spiro atoms. The standard InChI is InChI=1S/C16H14N2O2S2/c1-2-12(16(19)20)22-15-13-11(10-6-4-3-5-7-10)8-21-14(13)17-9-18-15/h3-9,12H,2H2,1H3,(H,19,20)/p-1. The van der Waals surface area contributed by atoms with Crippen LogP contribution in [0.4, 0.5) is 0 Å². The Morgan fingerprint density at radius 2 is 2.09 bits per heavy atom. The lowest BCUT2D eigenvalue weighted by atomic mass is 10.1. The van der Waals surface area contributed by atoms with Crippen LogP contribution in [0.2, 0.25) is 0 Å². The lowest BCUT2D eigenvalue weighted by Gasteiger charge is -2.15. The molecule has 3 rings (SSSR count). The fourth-order valence-corrected chi connectivity index (χ4v) is 4.15. The van der Waals surface area contributed by atoms with Gasteiger partial charge in [0.2, 0.25) is 0 Å². The van der Waals surface area contributed by atoms with Gasteiger partial charge in [-0.05, 0) is 12.0 Å². The second kappa shape index (κ2) is 6.46.